The first-order valence-electron chi connectivity index (χ1n) is 6.53. The van der Waals surface area contributed by atoms with Gasteiger partial charge in [-0.3, -0.25) is 0 Å². The summed E-state index contributed by atoms with van der Waals surface area (Å²) in [6.07, 6.45) is 0. The van der Waals surface area contributed by atoms with Gasteiger partial charge in [-0.25, -0.2) is 0 Å². The third-order valence-electron chi connectivity index (χ3n) is 3.77. The molecule has 1 rings (SSSR count). The summed E-state index contributed by atoms with van der Waals surface area (Å²) in [5, 5.41) is 0.226. The second-order valence-electron chi connectivity index (χ2n) is 6.70. The third kappa shape index (κ3) is 5.35. The molecule has 110 valence electrons. The molecule has 0 saturated carbocycles. The molecule has 0 aromatic heterocycles. The first kappa shape index (κ1) is 20.0. The van der Waals surface area contributed by atoms with Gasteiger partial charge in [0.25, 0.3) is 0 Å². The van der Waals surface area contributed by atoms with E-state index in [1.165, 1.54) is 5.56 Å². The fourth-order valence-corrected chi connectivity index (χ4v) is 2.87. The summed E-state index contributed by atoms with van der Waals surface area (Å²) in [6.45, 7) is 15.8. The molecule has 0 saturated heterocycles. The van der Waals surface area contributed by atoms with Crippen LogP contribution >= 0.6 is 15.9 Å². The van der Waals surface area contributed by atoms with Crippen molar-refractivity contribution in [3.8, 4) is 5.75 Å². The van der Waals surface area contributed by atoms with Gasteiger partial charge in [0.05, 0.1) is 0 Å². The Bertz CT molecular complexity index is 425. The van der Waals surface area contributed by atoms with E-state index in [0.29, 0.717) is 5.92 Å². The van der Waals surface area contributed by atoms with Gasteiger partial charge in [-0.15, -0.1) is 0 Å². The zero-order valence-corrected chi connectivity index (χ0v) is 16.2. The standard InChI is InChI=1S/C15H25BrOSi.Ar/c1-11(2)13-9-8-12(16)10-14(13)17-18(6,7)15(3,4)5;/h8-11H,1-7H3;. The molecule has 0 unspecified atom stereocenters. The van der Waals surface area contributed by atoms with Crippen molar-refractivity contribution in [3.63, 3.8) is 0 Å². The molecule has 0 amide bonds. The molecule has 0 aliphatic heterocycles. The Kier molecular flexibility index (Phi) is 7.68. The van der Waals surface area contributed by atoms with Crippen LogP contribution in [0.5, 0.6) is 5.75 Å². The Hall–Kier alpha value is 0.977. The van der Waals surface area contributed by atoms with Gasteiger partial charge >= 0.3 is 0 Å². The van der Waals surface area contributed by atoms with Crippen molar-refractivity contribution in [2.75, 3.05) is 0 Å². The van der Waals surface area contributed by atoms with Crippen LogP contribution in [0.4, 0.5) is 0 Å². The second kappa shape index (κ2) is 7.30. The molecule has 1 nitrogen and oxygen atoms in total. The Balaban J connectivity index is 0.00000324. The van der Waals surface area contributed by atoms with E-state index in [-0.39, 0.29) is 42.8 Å². The SMILES string of the molecule is CC(C)c1ccc(Br)cc1O[Si](C)(C)C(C)(C)C.[Ar]. The first-order chi connectivity index (χ1) is 8.04. The fourth-order valence-electron chi connectivity index (χ4n) is 1.50. The largest absolute Gasteiger partial charge is 0.543 e. The zero-order chi connectivity index (χ0) is 14.1. The van der Waals surface area contributed by atoms with Gasteiger partial charge < -0.3 is 4.43 Å². The molecule has 19 heavy (non-hydrogen) atoms. The molecule has 0 heterocycles. The van der Waals surface area contributed by atoms with Crippen molar-refractivity contribution < 1.29 is 42.2 Å². The maximum absolute atomic E-state index is 6.45. The number of halogens is 1. The molecule has 0 aliphatic rings. The predicted octanol–water partition coefficient (Wildman–Crippen LogP) is 5.96. The van der Waals surface area contributed by atoms with Crippen molar-refractivity contribution in [2.24, 2.45) is 0 Å². The van der Waals surface area contributed by atoms with E-state index in [2.05, 4.69) is 81.8 Å². The summed E-state index contributed by atoms with van der Waals surface area (Å²) in [7, 11) is -1.77. The minimum absolute atomic E-state index is 0. The molecule has 4 heteroatoms. The summed E-state index contributed by atoms with van der Waals surface area (Å²) in [4.78, 5) is 0. The van der Waals surface area contributed by atoms with E-state index in [1.807, 2.05) is 0 Å². The van der Waals surface area contributed by atoms with Gasteiger partial charge in [0.15, 0.2) is 0 Å². The van der Waals surface area contributed by atoms with Crippen molar-refractivity contribution in [1.29, 1.82) is 0 Å². The van der Waals surface area contributed by atoms with E-state index in [4.69, 9.17) is 4.43 Å². The van der Waals surface area contributed by atoms with Crippen LogP contribution in [0.2, 0.25) is 18.1 Å². The predicted molar refractivity (Wildman–Crippen MR) is 86.1 cm³/mol. The van der Waals surface area contributed by atoms with Crippen LogP contribution in [0.15, 0.2) is 22.7 Å². The van der Waals surface area contributed by atoms with Crippen LogP contribution in [0.25, 0.3) is 0 Å². The molecular formula is C15H25ArBrOSi. The van der Waals surface area contributed by atoms with E-state index in [9.17, 15) is 0 Å². The Morgan fingerprint density at radius 2 is 1.68 bits per heavy atom. The third-order valence-corrected chi connectivity index (χ3v) is 8.60. The molecule has 1 aromatic carbocycles. The minimum Gasteiger partial charge on any atom is -0.543 e. The van der Waals surface area contributed by atoms with Crippen LogP contribution in [-0.2, 0) is 0 Å². The summed E-state index contributed by atoms with van der Waals surface area (Å²) < 4.78 is 7.53. The molecule has 0 atom stereocenters. The van der Waals surface area contributed by atoms with Crippen molar-refractivity contribution >= 4 is 24.2 Å². The maximum atomic E-state index is 6.45. The van der Waals surface area contributed by atoms with E-state index in [0.717, 1.165) is 10.2 Å². The van der Waals surface area contributed by atoms with E-state index >= 15 is 0 Å². The van der Waals surface area contributed by atoms with Crippen molar-refractivity contribution in [1.82, 2.24) is 0 Å². The summed E-state index contributed by atoms with van der Waals surface area (Å²) in [5.41, 5.74) is 1.29. The van der Waals surface area contributed by atoms with Gasteiger partial charge in [-0.1, -0.05) is 56.6 Å². The van der Waals surface area contributed by atoms with E-state index in [1.54, 1.807) is 0 Å². The van der Waals surface area contributed by atoms with Crippen molar-refractivity contribution in [3.05, 3.63) is 28.2 Å². The van der Waals surface area contributed by atoms with Gasteiger partial charge in [0.2, 0.25) is 8.32 Å². The number of hydrogen-bond acceptors (Lipinski definition) is 1. The Morgan fingerprint density at radius 1 is 1.16 bits per heavy atom. The number of hydrogen-bond donors (Lipinski definition) is 0. The van der Waals surface area contributed by atoms with Crippen LogP contribution in [0, 0.1) is 37.7 Å². The zero-order valence-electron chi connectivity index (χ0n) is 12.9. The molecule has 0 aliphatic carbocycles. The molecule has 0 spiro atoms. The van der Waals surface area contributed by atoms with Gasteiger partial charge in [-0.2, -0.15) is 0 Å². The minimum atomic E-state index is -1.77. The Morgan fingerprint density at radius 3 is 2.11 bits per heavy atom. The average Bonchev–Trinajstić information content (AvgIpc) is 2.14. The van der Waals surface area contributed by atoms with Gasteiger partial charge in [0.1, 0.15) is 5.75 Å². The van der Waals surface area contributed by atoms with Gasteiger partial charge in [0, 0.05) is 42.2 Å². The van der Waals surface area contributed by atoms with Gasteiger partial charge in [-0.05, 0) is 41.7 Å². The molecule has 1 aromatic rings. The quantitative estimate of drug-likeness (QED) is 0.598. The maximum Gasteiger partial charge on any atom is 0.250 e. The molecule has 0 N–H and O–H groups in total. The fraction of sp³-hybridized carbons (Fsp3) is 0.600. The molecule has 0 radical (unpaired) electrons. The van der Waals surface area contributed by atoms with E-state index < -0.39 is 8.32 Å². The summed E-state index contributed by atoms with van der Waals surface area (Å²) in [5.74, 6) is 1.53. The number of rotatable bonds is 3. The van der Waals surface area contributed by atoms with Crippen LogP contribution in [0.1, 0.15) is 46.1 Å². The molecular weight excluding hydrogens is 344 g/mol. The van der Waals surface area contributed by atoms with Crippen molar-refractivity contribution in [2.45, 2.75) is 58.7 Å². The normalized spacial score (nSPS) is 12.3. The monoisotopic (exact) mass is 368 g/mol. The van der Waals surface area contributed by atoms with Crippen LogP contribution in [0.3, 0.4) is 0 Å². The van der Waals surface area contributed by atoms with Crippen LogP contribution < -0.4 is 4.43 Å². The average molecular weight is 369 g/mol. The molecule has 0 bridgehead atoms. The molecule has 0 fully saturated rings. The number of benzene rings is 1. The Labute approximate surface area is 157 Å². The second-order valence-corrected chi connectivity index (χ2v) is 12.3. The summed E-state index contributed by atoms with van der Waals surface area (Å²) in [6, 6.07) is 6.36. The first-order valence-corrected chi connectivity index (χ1v) is 10.2. The topological polar surface area (TPSA) is 9.23 Å². The van der Waals surface area contributed by atoms with Crippen LogP contribution in [-0.4, -0.2) is 8.32 Å². The smallest absolute Gasteiger partial charge is 0.250 e. The summed E-state index contributed by atoms with van der Waals surface area (Å²) >= 11 is 3.54.